The van der Waals surface area contributed by atoms with Crippen molar-refractivity contribution >= 4 is 17.5 Å². The SMILES string of the molecule is O=C1NCCn2nc(-c3ccnc(-c4cccc(Cl)c4)n3)cc21. The molecular weight excluding hydrogens is 314 g/mol. The van der Waals surface area contributed by atoms with Gasteiger partial charge in [0.15, 0.2) is 5.82 Å². The highest BCUT2D eigenvalue weighted by molar-refractivity contribution is 6.30. The van der Waals surface area contributed by atoms with E-state index in [9.17, 15) is 4.79 Å². The minimum absolute atomic E-state index is 0.112. The van der Waals surface area contributed by atoms with Gasteiger partial charge in [-0.3, -0.25) is 9.48 Å². The molecule has 1 N–H and O–H groups in total. The molecule has 0 fully saturated rings. The Morgan fingerprint density at radius 3 is 2.91 bits per heavy atom. The molecule has 0 spiro atoms. The summed E-state index contributed by atoms with van der Waals surface area (Å²) < 4.78 is 1.70. The molecule has 1 aliphatic heterocycles. The average molecular weight is 326 g/mol. The second-order valence-electron chi connectivity index (χ2n) is 5.17. The van der Waals surface area contributed by atoms with Gasteiger partial charge in [0, 0.05) is 23.3 Å². The van der Waals surface area contributed by atoms with Crippen LogP contribution in [-0.2, 0) is 6.54 Å². The van der Waals surface area contributed by atoms with E-state index in [1.54, 1.807) is 29.1 Å². The van der Waals surface area contributed by atoms with Crippen LogP contribution in [0.15, 0.2) is 42.6 Å². The summed E-state index contributed by atoms with van der Waals surface area (Å²) in [7, 11) is 0. The second kappa shape index (κ2) is 5.48. The van der Waals surface area contributed by atoms with Crippen LogP contribution in [0.25, 0.3) is 22.8 Å². The fourth-order valence-electron chi connectivity index (χ4n) is 2.53. The van der Waals surface area contributed by atoms with E-state index in [1.165, 1.54) is 0 Å². The van der Waals surface area contributed by atoms with Crippen molar-refractivity contribution in [2.24, 2.45) is 0 Å². The number of fused-ring (bicyclic) bond motifs is 1. The molecule has 3 heterocycles. The summed E-state index contributed by atoms with van der Waals surface area (Å²) in [6.45, 7) is 1.25. The van der Waals surface area contributed by atoms with Gasteiger partial charge in [-0.15, -0.1) is 0 Å². The van der Waals surface area contributed by atoms with Gasteiger partial charge in [0.25, 0.3) is 5.91 Å². The van der Waals surface area contributed by atoms with E-state index in [4.69, 9.17) is 11.6 Å². The Morgan fingerprint density at radius 2 is 2.09 bits per heavy atom. The van der Waals surface area contributed by atoms with Gasteiger partial charge in [0.2, 0.25) is 0 Å². The van der Waals surface area contributed by atoms with Crippen molar-refractivity contribution in [3.8, 4) is 22.8 Å². The summed E-state index contributed by atoms with van der Waals surface area (Å²) in [5.41, 5.74) is 2.71. The van der Waals surface area contributed by atoms with Crippen molar-refractivity contribution < 1.29 is 4.79 Å². The molecule has 114 valence electrons. The molecule has 0 bridgehead atoms. The average Bonchev–Trinajstić information content (AvgIpc) is 3.01. The zero-order valence-electron chi connectivity index (χ0n) is 12.0. The van der Waals surface area contributed by atoms with Crippen molar-refractivity contribution in [3.05, 3.63) is 53.3 Å². The summed E-state index contributed by atoms with van der Waals surface area (Å²) in [6.07, 6.45) is 1.68. The molecule has 23 heavy (non-hydrogen) atoms. The van der Waals surface area contributed by atoms with E-state index >= 15 is 0 Å². The number of rotatable bonds is 2. The first-order chi connectivity index (χ1) is 11.2. The zero-order valence-corrected chi connectivity index (χ0v) is 12.8. The van der Waals surface area contributed by atoms with Crippen LogP contribution in [-0.4, -0.2) is 32.2 Å². The first kappa shape index (κ1) is 13.9. The number of hydrogen-bond donors (Lipinski definition) is 1. The lowest BCUT2D eigenvalue weighted by Gasteiger charge is -2.13. The molecule has 6 nitrogen and oxygen atoms in total. The standard InChI is InChI=1S/C16H12ClN5O/c17-11-3-1-2-10(8-11)15-18-5-4-12(20-15)13-9-14-16(23)19-6-7-22(14)21-13/h1-5,8-9H,6-7H2,(H,19,23). The molecule has 1 amide bonds. The second-order valence-corrected chi connectivity index (χ2v) is 5.61. The van der Waals surface area contributed by atoms with Gasteiger partial charge in [-0.1, -0.05) is 23.7 Å². The predicted octanol–water partition coefficient (Wildman–Crippen LogP) is 2.40. The minimum atomic E-state index is -0.112. The number of benzene rings is 1. The van der Waals surface area contributed by atoms with Crippen LogP contribution in [0, 0.1) is 0 Å². The zero-order chi connectivity index (χ0) is 15.8. The summed E-state index contributed by atoms with van der Waals surface area (Å²) in [4.78, 5) is 20.7. The fourth-order valence-corrected chi connectivity index (χ4v) is 2.72. The van der Waals surface area contributed by atoms with E-state index in [-0.39, 0.29) is 5.91 Å². The highest BCUT2D eigenvalue weighted by Gasteiger charge is 2.20. The third kappa shape index (κ3) is 2.57. The lowest BCUT2D eigenvalue weighted by atomic mass is 10.2. The first-order valence-electron chi connectivity index (χ1n) is 7.16. The molecule has 4 rings (SSSR count). The Hall–Kier alpha value is -2.73. The van der Waals surface area contributed by atoms with Crippen LogP contribution in [0.4, 0.5) is 0 Å². The van der Waals surface area contributed by atoms with E-state index in [0.717, 1.165) is 5.56 Å². The molecule has 0 radical (unpaired) electrons. The maximum Gasteiger partial charge on any atom is 0.269 e. The van der Waals surface area contributed by atoms with Crippen LogP contribution in [0.3, 0.4) is 0 Å². The van der Waals surface area contributed by atoms with Crippen molar-refractivity contribution in [2.75, 3.05) is 6.54 Å². The van der Waals surface area contributed by atoms with Crippen molar-refractivity contribution in [2.45, 2.75) is 6.54 Å². The number of amides is 1. The highest BCUT2D eigenvalue weighted by atomic mass is 35.5. The van der Waals surface area contributed by atoms with Crippen molar-refractivity contribution in [1.29, 1.82) is 0 Å². The topological polar surface area (TPSA) is 72.7 Å². The van der Waals surface area contributed by atoms with E-state index in [2.05, 4.69) is 20.4 Å². The molecule has 2 aromatic heterocycles. The molecular formula is C16H12ClN5O. The normalized spacial score (nSPS) is 13.5. The van der Waals surface area contributed by atoms with Gasteiger partial charge < -0.3 is 5.32 Å². The Balaban J connectivity index is 1.76. The molecule has 7 heteroatoms. The quantitative estimate of drug-likeness (QED) is 0.785. The predicted molar refractivity (Wildman–Crippen MR) is 86.0 cm³/mol. The summed E-state index contributed by atoms with van der Waals surface area (Å²) in [5.74, 6) is 0.458. The van der Waals surface area contributed by atoms with Crippen LogP contribution in [0.5, 0.6) is 0 Å². The maximum absolute atomic E-state index is 11.8. The smallest absolute Gasteiger partial charge is 0.269 e. The number of aromatic nitrogens is 4. The Bertz CT molecular complexity index is 905. The fraction of sp³-hybridized carbons (Fsp3) is 0.125. The number of carbonyl (C=O) groups excluding carboxylic acids is 1. The number of nitrogens with one attached hydrogen (secondary N) is 1. The van der Waals surface area contributed by atoms with Gasteiger partial charge in [-0.05, 0) is 24.3 Å². The van der Waals surface area contributed by atoms with E-state index in [0.29, 0.717) is 41.0 Å². The summed E-state index contributed by atoms with van der Waals surface area (Å²) >= 11 is 6.02. The number of halogens is 1. The Labute approximate surface area is 137 Å². The molecule has 0 saturated carbocycles. The Kier molecular flexibility index (Phi) is 3.31. The number of carbonyl (C=O) groups is 1. The van der Waals surface area contributed by atoms with Gasteiger partial charge in [-0.2, -0.15) is 5.10 Å². The van der Waals surface area contributed by atoms with Crippen LogP contribution >= 0.6 is 11.6 Å². The molecule has 0 saturated heterocycles. The molecule has 1 aliphatic rings. The monoisotopic (exact) mass is 325 g/mol. The summed E-state index contributed by atoms with van der Waals surface area (Å²) in [6, 6.07) is 10.9. The lowest BCUT2D eigenvalue weighted by molar-refractivity contribution is 0.0924. The van der Waals surface area contributed by atoms with Gasteiger partial charge >= 0.3 is 0 Å². The molecule has 0 unspecified atom stereocenters. The Morgan fingerprint density at radius 1 is 1.17 bits per heavy atom. The van der Waals surface area contributed by atoms with Crippen molar-refractivity contribution in [1.82, 2.24) is 25.1 Å². The lowest BCUT2D eigenvalue weighted by Crippen LogP contribution is -2.35. The molecule has 0 atom stereocenters. The maximum atomic E-state index is 11.8. The van der Waals surface area contributed by atoms with Gasteiger partial charge in [0.1, 0.15) is 11.4 Å². The largest absolute Gasteiger partial charge is 0.349 e. The van der Waals surface area contributed by atoms with Gasteiger partial charge in [0.05, 0.1) is 12.2 Å². The van der Waals surface area contributed by atoms with E-state index in [1.807, 2.05) is 18.2 Å². The number of nitrogens with zero attached hydrogens (tertiary/aromatic N) is 4. The van der Waals surface area contributed by atoms with E-state index < -0.39 is 0 Å². The minimum Gasteiger partial charge on any atom is -0.349 e. The third-order valence-corrected chi connectivity index (χ3v) is 3.86. The summed E-state index contributed by atoms with van der Waals surface area (Å²) in [5, 5.41) is 7.89. The first-order valence-corrected chi connectivity index (χ1v) is 7.54. The van der Waals surface area contributed by atoms with Crippen LogP contribution < -0.4 is 5.32 Å². The van der Waals surface area contributed by atoms with Crippen molar-refractivity contribution in [3.63, 3.8) is 0 Å². The third-order valence-electron chi connectivity index (χ3n) is 3.62. The van der Waals surface area contributed by atoms with Crippen LogP contribution in [0.1, 0.15) is 10.5 Å². The molecule has 1 aromatic carbocycles. The molecule has 0 aliphatic carbocycles. The molecule has 3 aromatic rings. The number of hydrogen-bond acceptors (Lipinski definition) is 4. The highest BCUT2D eigenvalue weighted by Crippen LogP contribution is 2.23. The van der Waals surface area contributed by atoms with Crippen LogP contribution in [0.2, 0.25) is 5.02 Å². The van der Waals surface area contributed by atoms with Gasteiger partial charge in [-0.25, -0.2) is 9.97 Å².